The molecule has 31 heavy (non-hydrogen) atoms. The van der Waals surface area contributed by atoms with Crippen LogP contribution in [0.1, 0.15) is 0 Å². The van der Waals surface area contributed by atoms with Crippen LogP contribution in [0.2, 0.25) is 0 Å². The molecule has 4 rings (SSSR count). The fourth-order valence-electron chi connectivity index (χ4n) is 3.06. The summed E-state index contributed by atoms with van der Waals surface area (Å²) < 4.78 is 26.9. The number of amides is 1. The summed E-state index contributed by atoms with van der Waals surface area (Å²) in [7, 11) is 1.58. The third-order valence-electron chi connectivity index (χ3n) is 4.46. The maximum Gasteiger partial charge on any atom is 0.234 e. The van der Waals surface area contributed by atoms with Crippen molar-refractivity contribution in [1.82, 2.24) is 14.8 Å². The Bertz CT molecular complexity index is 1250. The van der Waals surface area contributed by atoms with Gasteiger partial charge >= 0.3 is 0 Å². The highest BCUT2D eigenvalue weighted by atomic mass is 32.2. The molecule has 1 N–H and O–H groups in total. The maximum atomic E-state index is 13.7. The number of halogens is 1. The number of nitrogens with one attached hydrogen (secondary N) is 1. The van der Waals surface area contributed by atoms with Gasteiger partial charge in [-0.25, -0.2) is 4.39 Å². The fraction of sp³-hybridized carbons (Fsp3) is 0.136. The summed E-state index contributed by atoms with van der Waals surface area (Å²) in [6.07, 6.45) is 1.71. The van der Waals surface area contributed by atoms with Crippen molar-refractivity contribution in [2.75, 3.05) is 18.2 Å². The van der Waals surface area contributed by atoms with Gasteiger partial charge in [-0.2, -0.15) is 0 Å². The van der Waals surface area contributed by atoms with Crippen LogP contribution in [0.25, 0.3) is 22.6 Å². The first-order chi connectivity index (χ1) is 15.1. The molecule has 2 aromatic carbocycles. The molecule has 0 aliphatic carbocycles. The van der Waals surface area contributed by atoms with Gasteiger partial charge in [0.1, 0.15) is 5.82 Å². The summed E-state index contributed by atoms with van der Waals surface area (Å²) in [5, 5.41) is 12.4. The maximum absolute atomic E-state index is 13.7. The van der Waals surface area contributed by atoms with E-state index in [0.29, 0.717) is 34.6 Å². The van der Waals surface area contributed by atoms with Crippen LogP contribution in [0, 0.1) is 5.82 Å². The van der Waals surface area contributed by atoms with E-state index in [1.807, 2.05) is 24.3 Å². The molecule has 0 saturated carbocycles. The molecular formula is C22H19FN4O3S. The van der Waals surface area contributed by atoms with Crippen molar-refractivity contribution in [2.45, 2.75) is 11.7 Å². The number of aromatic nitrogens is 3. The van der Waals surface area contributed by atoms with Crippen molar-refractivity contribution in [1.29, 1.82) is 0 Å². The molecule has 158 valence electrons. The van der Waals surface area contributed by atoms with Crippen molar-refractivity contribution in [2.24, 2.45) is 0 Å². The van der Waals surface area contributed by atoms with Crippen molar-refractivity contribution >= 4 is 34.3 Å². The highest BCUT2D eigenvalue weighted by Gasteiger charge is 2.19. The molecular weight excluding hydrogens is 419 g/mol. The zero-order valence-electron chi connectivity index (χ0n) is 16.7. The minimum Gasteiger partial charge on any atom is -0.493 e. The van der Waals surface area contributed by atoms with E-state index in [2.05, 4.69) is 22.1 Å². The first kappa shape index (κ1) is 20.7. The molecule has 2 heterocycles. The number of benzene rings is 2. The predicted octanol–water partition coefficient (Wildman–Crippen LogP) is 4.76. The number of thioether (sulfide) groups is 1. The topological polar surface area (TPSA) is 82.2 Å². The van der Waals surface area contributed by atoms with Crippen LogP contribution in [0.3, 0.4) is 0 Å². The molecule has 1 amide bonds. The van der Waals surface area contributed by atoms with Crippen molar-refractivity contribution in [3.8, 4) is 17.3 Å². The fourth-order valence-corrected chi connectivity index (χ4v) is 3.81. The minimum atomic E-state index is -0.488. The average molecular weight is 438 g/mol. The smallest absolute Gasteiger partial charge is 0.234 e. The number of anilines is 1. The highest BCUT2D eigenvalue weighted by molar-refractivity contribution is 7.99. The number of hydrogen-bond acceptors (Lipinski definition) is 6. The van der Waals surface area contributed by atoms with E-state index in [4.69, 9.17) is 9.15 Å². The Morgan fingerprint density at radius 1 is 1.29 bits per heavy atom. The second-order valence-corrected chi connectivity index (χ2v) is 7.45. The largest absolute Gasteiger partial charge is 0.493 e. The van der Waals surface area contributed by atoms with Gasteiger partial charge in [-0.1, -0.05) is 42.1 Å². The zero-order chi connectivity index (χ0) is 21.8. The van der Waals surface area contributed by atoms with E-state index in [-0.39, 0.29) is 17.3 Å². The number of furan rings is 1. The number of nitrogens with zero attached hydrogens (tertiary/aromatic N) is 3. The van der Waals surface area contributed by atoms with E-state index >= 15 is 0 Å². The normalized spacial score (nSPS) is 10.9. The minimum absolute atomic E-state index is 0.0392. The molecule has 0 radical (unpaired) electrons. The molecule has 0 bridgehead atoms. The molecule has 0 aliphatic heterocycles. The molecule has 0 unspecified atom stereocenters. The second kappa shape index (κ2) is 9.05. The zero-order valence-corrected chi connectivity index (χ0v) is 17.5. The first-order valence-electron chi connectivity index (χ1n) is 9.39. The number of fused-ring (bicyclic) bond motifs is 1. The summed E-state index contributed by atoms with van der Waals surface area (Å²) in [5.74, 6) is 0.860. The number of allylic oxidation sites excluding steroid dienone is 1. The van der Waals surface area contributed by atoms with Gasteiger partial charge in [0.15, 0.2) is 22.2 Å². The lowest BCUT2D eigenvalue weighted by molar-refractivity contribution is -0.113. The average Bonchev–Trinajstić information content (AvgIpc) is 3.38. The van der Waals surface area contributed by atoms with Crippen molar-refractivity contribution in [3.63, 3.8) is 0 Å². The lowest BCUT2D eigenvalue weighted by atomic mass is 10.2. The Morgan fingerprint density at radius 3 is 2.90 bits per heavy atom. The Labute approximate surface area is 181 Å². The third-order valence-corrected chi connectivity index (χ3v) is 5.42. The van der Waals surface area contributed by atoms with E-state index in [0.717, 1.165) is 5.39 Å². The molecule has 2 aromatic heterocycles. The number of carbonyl (C=O) groups is 1. The third kappa shape index (κ3) is 4.31. The quantitative estimate of drug-likeness (QED) is 0.316. The number of ether oxygens (including phenoxy) is 1. The van der Waals surface area contributed by atoms with E-state index in [1.54, 1.807) is 29.9 Å². The Balaban J connectivity index is 1.56. The standard InChI is InChI=1S/C22H19FN4O3S/c1-3-11-27-21(18-12-14-7-6-10-17(29-2)20(14)30-18)25-26-22(27)31-13-19(28)24-16-9-5-4-8-15(16)23/h3-10,12H,1,11,13H2,2H3,(H,24,28). The van der Waals surface area contributed by atoms with Crippen molar-refractivity contribution < 1.29 is 18.3 Å². The molecule has 0 fully saturated rings. The molecule has 7 nitrogen and oxygen atoms in total. The Kier molecular flexibility index (Phi) is 6.03. The van der Waals surface area contributed by atoms with Crippen LogP contribution < -0.4 is 10.1 Å². The molecule has 0 spiro atoms. The molecule has 0 aliphatic rings. The van der Waals surface area contributed by atoms with Crippen LogP contribution in [-0.4, -0.2) is 33.5 Å². The van der Waals surface area contributed by atoms with Gasteiger partial charge in [-0.3, -0.25) is 9.36 Å². The SMILES string of the molecule is C=CCn1c(SCC(=O)Nc2ccccc2F)nnc1-c1cc2cccc(OC)c2o1. The van der Waals surface area contributed by atoms with Gasteiger partial charge in [0.05, 0.1) is 18.6 Å². The van der Waals surface area contributed by atoms with Crippen LogP contribution >= 0.6 is 11.8 Å². The van der Waals surface area contributed by atoms with Gasteiger partial charge in [-0.05, 0) is 24.3 Å². The van der Waals surface area contributed by atoms with Crippen LogP contribution in [0.4, 0.5) is 10.1 Å². The molecule has 9 heteroatoms. The van der Waals surface area contributed by atoms with E-state index < -0.39 is 5.82 Å². The van der Waals surface area contributed by atoms with Gasteiger partial charge in [-0.15, -0.1) is 16.8 Å². The summed E-state index contributed by atoms with van der Waals surface area (Å²) in [5.41, 5.74) is 0.754. The second-order valence-electron chi connectivity index (χ2n) is 6.51. The van der Waals surface area contributed by atoms with Gasteiger partial charge in [0.2, 0.25) is 11.7 Å². The van der Waals surface area contributed by atoms with Crippen LogP contribution in [0.5, 0.6) is 5.75 Å². The summed E-state index contributed by atoms with van der Waals surface area (Å²) in [6, 6.07) is 13.5. The predicted molar refractivity (Wildman–Crippen MR) is 118 cm³/mol. The van der Waals surface area contributed by atoms with Crippen LogP contribution in [0.15, 0.2) is 70.8 Å². The summed E-state index contributed by atoms with van der Waals surface area (Å²) in [4.78, 5) is 12.3. The van der Waals surface area contributed by atoms with Gasteiger partial charge in [0.25, 0.3) is 0 Å². The monoisotopic (exact) mass is 438 g/mol. The number of hydrogen-bond donors (Lipinski definition) is 1. The molecule has 0 atom stereocenters. The van der Waals surface area contributed by atoms with Crippen molar-refractivity contribution in [3.05, 3.63) is 67.0 Å². The van der Waals surface area contributed by atoms with Crippen LogP contribution in [-0.2, 0) is 11.3 Å². The number of methoxy groups -OCH3 is 1. The Morgan fingerprint density at radius 2 is 2.13 bits per heavy atom. The number of para-hydroxylation sites is 2. The highest BCUT2D eigenvalue weighted by Crippen LogP contribution is 2.33. The van der Waals surface area contributed by atoms with Gasteiger partial charge in [0, 0.05) is 11.9 Å². The van der Waals surface area contributed by atoms with E-state index in [1.165, 1.54) is 23.9 Å². The molecule has 0 saturated heterocycles. The summed E-state index contributed by atoms with van der Waals surface area (Å²) in [6.45, 7) is 4.21. The number of rotatable bonds is 8. The Hall–Kier alpha value is -3.59. The first-order valence-corrected chi connectivity index (χ1v) is 10.4. The number of carbonyl (C=O) groups excluding carboxylic acids is 1. The van der Waals surface area contributed by atoms with E-state index in [9.17, 15) is 9.18 Å². The lowest BCUT2D eigenvalue weighted by Gasteiger charge is -2.07. The molecule has 4 aromatic rings. The van der Waals surface area contributed by atoms with Gasteiger partial charge < -0.3 is 14.5 Å². The lowest BCUT2D eigenvalue weighted by Crippen LogP contribution is -2.15. The summed E-state index contributed by atoms with van der Waals surface area (Å²) >= 11 is 1.19.